The molecular weight excluding hydrogens is 296 g/mol. The van der Waals surface area contributed by atoms with E-state index in [1.807, 2.05) is 6.92 Å². The van der Waals surface area contributed by atoms with Crippen LogP contribution in [0.15, 0.2) is 36.7 Å². The maximum atomic E-state index is 12.2. The second-order valence-electron chi connectivity index (χ2n) is 4.74. The summed E-state index contributed by atoms with van der Waals surface area (Å²) in [5, 5.41) is 5.79. The highest BCUT2D eigenvalue weighted by atomic mass is 16.5. The topological polar surface area (TPSA) is 93.2 Å². The molecule has 2 N–H and O–H groups in total. The Hall–Kier alpha value is -2.96. The summed E-state index contributed by atoms with van der Waals surface area (Å²) >= 11 is 0. The second-order valence-corrected chi connectivity index (χ2v) is 4.74. The predicted octanol–water partition coefficient (Wildman–Crippen LogP) is 2.34. The Balaban J connectivity index is 2.11. The largest absolute Gasteiger partial charge is 0.465 e. The summed E-state index contributed by atoms with van der Waals surface area (Å²) in [4.78, 5) is 31.8. The maximum absolute atomic E-state index is 12.2. The van der Waals surface area contributed by atoms with E-state index in [4.69, 9.17) is 0 Å². The number of hydrogen-bond acceptors (Lipinski definition) is 6. The van der Waals surface area contributed by atoms with Gasteiger partial charge >= 0.3 is 5.97 Å². The molecule has 0 spiro atoms. The number of esters is 1. The van der Waals surface area contributed by atoms with Crippen molar-refractivity contribution in [3.8, 4) is 0 Å². The fraction of sp³-hybridized carbons (Fsp3) is 0.250. The van der Waals surface area contributed by atoms with Gasteiger partial charge in [0.15, 0.2) is 0 Å². The Labute approximate surface area is 134 Å². The molecular formula is C16H18N4O3. The third-order valence-electron chi connectivity index (χ3n) is 3.00. The quantitative estimate of drug-likeness (QED) is 0.795. The van der Waals surface area contributed by atoms with E-state index in [2.05, 4.69) is 25.3 Å². The molecule has 0 bridgehead atoms. The number of carbonyl (C=O) groups excluding carboxylic acids is 2. The molecule has 2 rings (SSSR count). The highest BCUT2D eigenvalue weighted by molar-refractivity contribution is 6.03. The molecule has 0 fully saturated rings. The zero-order chi connectivity index (χ0) is 16.7. The normalized spacial score (nSPS) is 10.0. The Kier molecular flexibility index (Phi) is 5.62. The van der Waals surface area contributed by atoms with E-state index in [0.717, 1.165) is 13.0 Å². The van der Waals surface area contributed by atoms with E-state index in [9.17, 15) is 9.59 Å². The van der Waals surface area contributed by atoms with Crippen molar-refractivity contribution in [3.05, 3.63) is 47.9 Å². The summed E-state index contributed by atoms with van der Waals surface area (Å²) in [5.41, 5.74) is 1.08. The molecule has 0 radical (unpaired) electrons. The number of hydrogen-bond donors (Lipinski definition) is 2. The summed E-state index contributed by atoms with van der Waals surface area (Å²) in [5.74, 6) is -0.251. The highest BCUT2D eigenvalue weighted by Crippen LogP contribution is 2.13. The number of benzene rings is 1. The van der Waals surface area contributed by atoms with E-state index in [-0.39, 0.29) is 11.6 Å². The van der Waals surface area contributed by atoms with Crippen molar-refractivity contribution in [2.45, 2.75) is 13.3 Å². The van der Waals surface area contributed by atoms with E-state index < -0.39 is 5.97 Å². The number of carbonyl (C=O) groups is 2. The fourth-order valence-electron chi connectivity index (χ4n) is 1.87. The van der Waals surface area contributed by atoms with Gasteiger partial charge in [0, 0.05) is 18.3 Å². The molecule has 1 aromatic heterocycles. The molecule has 1 heterocycles. The number of methoxy groups -OCH3 is 1. The van der Waals surface area contributed by atoms with Crippen LogP contribution in [0.4, 0.5) is 11.5 Å². The van der Waals surface area contributed by atoms with Gasteiger partial charge in [-0.3, -0.25) is 4.79 Å². The first-order valence-corrected chi connectivity index (χ1v) is 7.19. The van der Waals surface area contributed by atoms with Gasteiger partial charge in [-0.2, -0.15) is 0 Å². The summed E-state index contributed by atoms with van der Waals surface area (Å²) in [6, 6.07) is 8.08. The zero-order valence-corrected chi connectivity index (χ0v) is 13.0. The standard InChI is InChI=1S/C16H18N4O3/c1-3-7-17-14-9-13(18-10-19-14)15(21)20-12-6-4-5-11(8-12)16(22)23-2/h4-6,8-10H,3,7H2,1-2H3,(H,20,21)(H,17,18,19). The Bertz CT molecular complexity index is 703. The van der Waals surface area contributed by atoms with Crippen LogP contribution < -0.4 is 10.6 Å². The molecule has 0 unspecified atom stereocenters. The third kappa shape index (κ3) is 4.50. The molecule has 120 valence electrons. The average molecular weight is 314 g/mol. The number of nitrogens with one attached hydrogen (secondary N) is 2. The second kappa shape index (κ2) is 7.88. The van der Waals surface area contributed by atoms with Gasteiger partial charge in [0.25, 0.3) is 5.91 Å². The van der Waals surface area contributed by atoms with Crippen LogP contribution in [0.3, 0.4) is 0 Å². The molecule has 0 atom stereocenters. The van der Waals surface area contributed by atoms with Crippen LogP contribution in [0.2, 0.25) is 0 Å². The molecule has 0 aliphatic heterocycles. The Morgan fingerprint density at radius 2 is 2.04 bits per heavy atom. The van der Waals surface area contributed by atoms with Gasteiger partial charge in [-0.05, 0) is 24.6 Å². The average Bonchev–Trinajstić information content (AvgIpc) is 2.59. The minimum atomic E-state index is -0.464. The molecule has 2 aromatic rings. The molecule has 1 amide bonds. The van der Waals surface area contributed by atoms with E-state index in [1.165, 1.54) is 13.4 Å². The number of anilines is 2. The lowest BCUT2D eigenvalue weighted by atomic mass is 10.2. The molecule has 23 heavy (non-hydrogen) atoms. The van der Waals surface area contributed by atoms with E-state index in [0.29, 0.717) is 17.1 Å². The van der Waals surface area contributed by atoms with Gasteiger partial charge in [-0.15, -0.1) is 0 Å². The van der Waals surface area contributed by atoms with Crippen LogP contribution >= 0.6 is 0 Å². The molecule has 0 saturated heterocycles. The summed E-state index contributed by atoms with van der Waals surface area (Å²) < 4.78 is 4.65. The van der Waals surface area contributed by atoms with Gasteiger partial charge in [0.1, 0.15) is 17.8 Å². The molecule has 0 aliphatic carbocycles. The summed E-state index contributed by atoms with van der Waals surface area (Å²) in [6.45, 7) is 2.80. The molecule has 0 aliphatic rings. The van der Waals surface area contributed by atoms with Gasteiger partial charge in [0.05, 0.1) is 12.7 Å². The van der Waals surface area contributed by atoms with Crippen molar-refractivity contribution >= 4 is 23.4 Å². The minimum absolute atomic E-state index is 0.238. The van der Waals surface area contributed by atoms with Crippen molar-refractivity contribution in [2.24, 2.45) is 0 Å². The van der Waals surface area contributed by atoms with Crippen LogP contribution in [-0.2, 0) is 4.74 Å². The van der Waals surface area contributed by atoms with Crippen molar-refractivity contribution in [1.82, 2.24) is 9.97 Å². The lowest BCUT2D eigenvalue weighted by Crippen LogP contribution is -2.15. The molecule has 1 aromatic carbocycles. The van der Waals surface area contributed by atoms with Crippen molar-refractivity contribution in [3.63, 3.8) is 0 Å². The van der Waals surface area contributed by atoms with Crippen molar-refractivity contribution < 1.29 is 14.3 Å². The Morgan fingerprint density at radius 1 is 1.22 bits per heavy atom. The van der Waals surface area contributed by atoms with E-state index in [1.54, 1.807) is 30.3 Å². The summed E-state index contributed by atoms with van der Waals surface area (Å²) in [6.07, 6.45) is 2.28. The lowest BCUT2D eigenvalue weighted by Gasteiger charge is -2.08. The van der Waals surface area contributed by atoms with E-state index >= 15 is 0 Å². The lowest BCUT2D eigenvalue weighted by molar-refractivity contribution is 0.0600. The number of nitrogens with zero attached hydrogens (tertiary/aromatic N) is 2. The molecule has 0 saturated carbocycles. The SMILES string of the molecule is CCCNc1cc(C(=O)Nc2cccc(C(=O)OC)c2)ncn1. The molecule has 7 nitrogen and oxygen atoms in total. The third-order valence-corrected chi connectivity index (χ3v) is 3.00. The maximum Gasteiger partial charge on any atom is 0.337 e. The first-order valence-electron chi connectivity index (χ1n) is 7.19. The number of amides is 1. The van der Waals surface area contributed by atoms with Crippen molar-refractivity contribution in [1.29, 1.82) is 0 Å². The number of rotatable bonds is 6. The van der Waals surface area contributed by atoms with Gasteiger partial charge in [0.2, 0.25) is 0 Å². The number of aromatic nitrogens is 2. The van der Waals surface area contributed by atoms with Gasteiger partial charge in [-0.25, -0.2) is 14.8 Å². The predicted molar refractivity (Wildman–Crippen MR) is 86.5 cm³/mol. The fourth-order valence-corrected chi connectivity index (χ4v) is 1.87. The number of ether oxygens (including phenoxy) is 1. The monoisotopic (exact) mass is 314 g/mol. The van der Waals surface area contributed by atoms with Gasteiger partial charge < -0.3 is 15.4 Å². The van der Waals surface area contributed by atoms with Gasteiger partial charge in [-0.1, -0.05) is 13.0 Å². The van der Waals surface area contributed by atoms with Crippen molar-refractivity contribution in [2.75, 3.05) is 24.3 Å². The highest BCUT2D eigenvalue weighted by Gasteiger charge is 2.11. The first kappa shape index (κ1) is 16.4. The van der Waals surface area contributed by atoms with Crippen LogP contribution in [0.1, 0.15) is 34.2 Å². The first-order chi connectivity index (χ1) is 11.1. The van der Waals surface area contributed by atoms with Crippen LogP contribution in [0, 0.1) is 0 Å². The zero-order valence-electron chi connectivity index (χ0n) is 13.0. The minimum Gasteiger partial charge on any atom is -0.465 e. The van der Waals surface area contributed by atoms with Crippen LogP contribution in [-0.4, -0.2) is 35.5 Å². The van der Waals surface area contributed by atoms with Crippen LogP contribution in [0.5, 0.6) is 0 Å². The molecule has 7 heteroatoms. The van der Waals surface area contributed by atoms with Crippen LogP contribution in [0.25, 0.3) is 0 Å². The Morgan fingerprint density at radius 3 is 2.78 bits per heavy atom. The summed E-state index contributed by atoms with van der Waals surface area (Å²) in [7, 11) is 1.30. The smallest absolute Gasteiger partial charge is 0.337 e.